The Morgan fingerprint density at radius 2 is 1.33 bits per heavy atom. The van der Waals surface area contributed by atoms with Crippen LogP contribution < -0.4 is 4.90 Å². The molecule has 0 amide bonds. The van der Waals surface area contributed by atoms with Crippen LogP contribution in [0.3, 0.4) is 0 Å². The van der Waals surface area contributed by atoms with Crippen molar-refractivity contribution in [2.24, 2.45) is 0 Å². The molecule has 0 spiro atoms. The number of anilines is 1. The van der Waals surface area contributed by atoms with Crippen LogP contribution in [0, 0.1) is 0 Å². The lowest BCUT2D eigenvalue weighted by Crippen LogP contribution is -2.54. The minimum Gasteiger partial charge on any atom is -0.371 e. The van der Waals surface area contributed by atoms with E-state index in [-0.39, 0.29) is 5.69 Å². The van der Waals surface area contributed by atoms with Crippen molar-refractivity contribution in [2.75, 3.05) is 18.0 Å². The maximum absolute atomic E-state index is 13.0. The Labute approximate surface area is 117 Å². The Bertz CT molecular complexity index is 490. The lowest BCUT2D eigenvalue weighted by atomic mass is 9.90. The molecular formula is C13H13F6NO. The van der Waals surface area contributed by atoms with Crippen LogP contribution in [0.1, 0.15) is 18.4 Å². The SMILES string of the molecule is OC(c1ccccc1N1CCCC1)(C(F)(F)F)C(F)(F)F. The molecule has 0 aliphatic carbocycles. The van der Waals surface area contributed by atoms with Crippen molar-refractivity contribution in [3.8, 4) is 0 Å². The monoisotopic (exact) mass is 313 g/mol. The molecule has 1 aliphatic rings. The second kappa shape index (κ2) is 5.08. The zero-order valence-corrected chi connectivity index (χ0v) is 10.8. The highest BCUT2D eigenvalue weighted by molar-refractivity contribution is 5.57. The third-order valence-corrected chi connectivity index (χ3v) is 3.56. The molecule has 0 unspecified atom stereocenters. The van der Waals surface area contributed by atoms with Gasteiger partial charge < -0.3 is 10.0 Å². The van der Waals surface area contributed by atoms with Gasteiger partial charge in [-0.2, -0.15) is 26.3 Å². The molecule has 8 heteroatoms. The number of rotatable bonds is 2. The summed E-state index contributed by atoms with van der Waals surface area (Å²) in [7, 11) is 0. The lowest BCUT2D eigenvalue weighted by Gasteiger charge is -2.35. The van der Waals surface area contributed by atoms with Crippen LogP contribution >= 0.6 is 0 Å². The first kappa shape index (κ1) is 15.9. The summed E-state index contributed by atoms with van der Waals surface area (Å²) in [5, 5.41) is 9.52. The fraction of sp³-hybridized carbons (Fsp3) is 0.538. The van der Waals surface area contributed by atoms with E-state index in [4.69, 9.17) is 0 Å². The first-order chi connectivity index (χ1) is 9.59. The Morgan fingerprint density at radius 3 is 1.81 bits per heavy atom. The van der Waals surface area contributed by atoms with Crippen LogP contribution in [0.4, 0.5) is 32.0 Å². The van der Waals surface area contributed by atoms with Crippen LogP contribution in [-0.4, -0.2) is 30.5 Å². The highest BCUT2D eigenvalue weighted by atomic mass is 19.4. The average molecular weight is 313 g/mol. The van der Waals surface area contributed by atoms with E-state index in [1.165, 1.54) is 17.0 Å². The van der Waals surface area contributed by atoms with Gasteiger partial charge >= 0.3 is 12.4 Å². The van der Waals surface area contributed by atoms with Crippen molar-refractivity contribution in [1.29, 1.82) is 0 Å². The van der Waals surface area contributed by atoms with Gasteiger partial charge in [-0.1, -0.05) is 18.2 Å². The molecule has 1 N–H and O–H groups in total. The van der Waals surface area contributed by atoms with Gasteiger partial charge in [0, 0.05) is 24.3 Å². The quantitative estimate of drug-likeness (QED) is 0.843. The highest BCUT2D eigenvalue weighted by Crippen LogP contribution is 2.52. The van der Waals surface area contributed by atoms with E-state index >= 15 is 0 Å². The minimum atomic E-state index is -5.86. The molecular weight excluding hydrogens is 300 g/mol. The smallest absolute Gasteiger partial charge is 0.371 e. The van der Waals surface area contributed by atoms with Gasteiger partial charge in [0.2, 0.25) is 0 Å². The zero-order valence-electron chi connectivity index (χ0n) is 10.8. The summed E-state index contributed by atoms with van der Waals surface area (Å²) in [5.74, 6) is 0. The fourth-order valence-electron chi connectivity index (χ4n) is 2.48. The Kier molecular flexibility index (Phi) is 3.86. The molecule has 1 aliphatic heterocycles. The van der Waals surface area contributed by atoms with E-state index in [9.17, 15) is 31.4 Å². The molecule has 2 rings (SSSR count). The first-order valence-electron chi connectivity index (χ1n) is 6.29. The number of hydrogen-bond acceptors (Lipinski definition) is 2. The fourth-order valence-corrected chi connectivity index (χ4v) is 2.48. The number of halogens is 6. The summed E-state index contributed by atoms with van der Waals surface area (Å²) in [6.45, 7) is 0.728. The molecule has 0 aromatic heterocycles. The molecule has 1 heterocycles. The molecule has 0 saturated carbocycles. The van der Waals surface area contributed by atoms with Gasteiger partial charge in [-0.25, -0.2) is 0 Å². The standard InChI is InChI=1S/C13H13F6NO/c14-12(15,16)11(21,13(17,18)19)9-5-1-2-6-10(9)20-7-3-4-8-20/h1-2,5-6,21H,3-4,7-8H2. The van der Waals surface area contributed by atoms with Gasteiger partial charge in [0.25, 0.3) is 5.60 Å². The van der Waals surface area contributed by atoms with Gasteiger partial charge in [-0.15, -0.1) is 0 Å². The van der Waals surface area contributed by atoms with Crippen molar-refractivity contribution >= 4 is 5.69 Å². The van der Waals surface area contributed by atoms with Crippen LogP contribution in [0.2, 0.25) is 0 Å². The molecule has 0 bridgehead atoms. The highest BCUT2D eigenvalue weighted by Gasteiger charge is 2.72. The predicted octanol–water partition coefficient (Wildman–Crippen LogP) is 3.60. The number of aliphatic hydroxyl groups is 1. The van der Waals surface area contributed by atoms with Crippen molar-refractivity contribution in [3.05, 3.63) is 29.8 Å². The summed E-state index contributed by atoms with van der Waals surface area (Å²) in [6, 6.07) is 4.25. The van der Waals surface area contributed by atoms with Gasteiger partial charge in [0.05, 0.1) is 0 Å². The van der Waals surface area contributed by atoms with E-state index in [0.717, 1.165) is 6.07 Å². The third kappa shape index (κ3) is 2.56. The minimum absolute atomic E-state index is 0.229. The molecule has 21 heavy (non-hydrogen) atoms. The molecule has 1 aromatic rings. The van der Waals surface area contributed by atoms with E-state index in [1.807, 2.05) is 0 Å². The second-order valence-electron chi connectivity index (χ2n) is 4.92. The van der Waals surface area contributed by atoms with Crippen molar-refractivity contribution < 1.29 is 31.4 Å². The van der Waals surface area contributed by atoms with Gasteiger partial charge in [0.15, 0.2) is 0 Å². The normalized spacial score (nSPS) is 17.4. The average Bonchev–Trinajstić information content (AvgIpc) is 2.88. The second-order valence-corrected chi connectivity index (χ2v) is 4.92. The van der Waals surface area contributed by atoms with E-state index in [2.05, 4.69) is 0 Å². The van der Waals surface area contributed by atoms with Gasteiger partial charge in [-0.3, -0.25) is 0 Å². The lowest BCUT2D eigenvalue weighted by molar-refractivity contribution is -0.376. The zero-order chi connectivity index (χ0) is 15.9. The predicted molar refractivity (Wildman–Crippen MR) is 63.9 cm³/mol. The maximum Gasteiger partial charge on any atom is 0.430 e. The van der Waals surface area contributed by atoms with Gasteiger partial charge in [-0.05, 0) is 18.9 Å². The topological polar surface area (TPSA) is 23.5 Å². The van der Waals surface area contributed by atoms with Crippen LogP contribution in [-0.2, 0) is 5.60 Å². The van der Waals surface area contributed by atoms with Crippen LogP contribution in [0.5, 0.6) is 0 Å². The Morgan fingerprint density at radius 1 is 0.857 bits per heavy atom. The first-order valence-corrected chi connectivity index (χ1v) is 6.29. The van der Waals surface area contributed by atoms with Crippen LogP contribution in [0.15, 0.2) is 24.3 Å². The Balaban J connectivity index is 2.62. The molecule has 2 nitrogen and oxygen atoms in total. The number of hydrogen-bond donors (Lipinski definition) is 1. The van der Waals surface area contributed by atoms with Crippen molar-refractivity contribution in [3.63, 3.8) is 0 Å². The third-order valence-electron chi connectivity index (χ3n) is 3.56. The molecule has 0 atom stereocenters. The van der Waals surface area contributed by atoms with Crippen molar-refractivity contribution in [1.82, 2.24) is 0 Å². The number of benzene rings is 1. The summed E-state index contributed by atoms with van der Waals surface area (Å²) in [5.41, 5.74) is -6.28. The number of para-hydroxylation sites is 1. The molecule has 1 aromatic carbocycles. The largest absolute Gasteiger partial charge is 0.430 e. The molecule has 118 valence electrons. The Hall–Kier alpha value is -1.44. The summed E-state index contributed by atoms with van der Waals surface area (Å²) < 4.78 is 77.8. The molecule has 0 radical (unpaired) electrons. The summed E-state index contributed by atoms with van der Waals surface area (Å²) in [6.07, 6.45) is -10.3. The number of nitrogens with zero attached hydrogens (tertiary/aromatic N) is 1. The van der Waals surface area contributed by atoms with E-state index < -0.39 is 23.5 Å². The molecule has 1 saturated heterocycles. The number of alkyl halides is 6. The maximum atomic E-state index is 13.0. The summed E-state index contributed by atoms with van der Waals surface area (Å²) >= 11 is 0. The molecule has 1 fully saturated rings. The van der Waals surface area contributed by atoms with Crippen molar-refractivity contribution in [2.45, 2.75) is 30.8 Å². The summed E-state index contributed by atoms with van der Waals surface area (Å²) in [4.78, 5) is 1.43. The van der Waals surface area contributed by atoms with E-state index in [0.29, 0.717) is 32.0 Å². The van der Waals surface area contributed by atoms with Gasteiger partial charge in [0.1, 0.15) is 0 Å². The van der Waals surface area contributed by atoms with E-state index in [1.54, 1.807) is 0 Å². The van der Waals surface area contributed by atoms with Crippen LogP contribution in [0.25, 0.3) is 0 Å².